The van der Waals surface area contributed by atoms with Crippen molar-refractivity contribution < 1.29 is 27.1 Å². The van der Waals surface area contributed by atoms with E-state index in [4.69, 9.17) is 9.47 Å². The molecule has 0 aromatic heterocycles. The van der Waals surface area contributed by atoms with Crippen LogP contribution in [0, 0.1) is 5.82 Å². The number of carbonyl (C=O) groups excluding carboxylic acids is 1. The van der Waals surface area contributed by atoms with Gasteiger partial charge in [0, 0.05) is 6.07 Å². The lowest BCUT2D eigenvalue weighted by Crippen LogP contribution is -2.42. The van der Waals surface area contributed by atoms with Gasteiger partial charge in [0.1, 0.15) is 25.6 Å². The number of amides is 1. The summed E-state index contributed by atoms with van der Waals surface area (Å²) in [5, 5.41) is 3.00. The van der Waals surface area contributed by atoms with Crippen LogP contribution in [-0.2, 0) is 21.2 Å². The number of benzene rings is 3. The highest BCUT2D eigenvalue weighted by molar-refractivity contribution is 7.92. The first-order valence-electron chi connectivity index (χ1n) is 11.5. The molecule has 1 heterocycles. The van der Waals surface area contributed by atoms with E-state index in [1.165, 1.54) is 35.9 Å². The van der Waals surface area contributed by atoms with Gasteiger partial charge in [0.25, 0.3) is 10.0 Å². The molecule has 9 heteroatoms. The molecular weight excluding hydrogens is 471 g/mol. The smallest absolute Gasteiger partial charge is 0.264 e. The van der Waals surface area contributed by atoms with Gasteiger partial charge in [0.05, 0.1) is 16.6 Å². The second-order valence-corrected chi connectivity index (χ2v) is 10.4. The molecule has 1 aliphatic heterocycles. The molecule has 0 spiro atoms. The van der Waals surface area contributed by atoms with Crippen LogP contribution >= 0.6 is 0 Å². The minimum absolute atomic E-state index is 0.0538. The van der Waals surface area contributed by atoms with E-state index < -0.39 is 28.3 Å². The summed E-state index contributed by atoms with van der Waals surface area (Å²) >= 11 is 0. The van der Waals surface area contributed by atoms with Crippen molar-refractivity contribution in [1.82, 2.24) is 5.32 Å². The molecule has 5 rings (SSSR count). The van der Waals surface area contributed by atoms with Crippen LogP contribution < -0.4 is 19.1 Å². The summed E-state index contributed by atoms with van der Waals surface area (Å²) in [5.74, 6) is -0.178. The number of hydrogen-bond donors (Lipinski definition) is 1. The number of rotatable bonds is 6. The topological polar surface area (TPSA) is 84.9 Å². The third-order valence-electron chi connectivity index (χ3n) is 6.21. The van der Waals surface area contributed by atoms with Crippen LogP contribution in [0.1, 0.15) is 30.0 Å². The fraction of sp³-hybridized carbons (Fsp3) is 0.269. The van der Waals surface area contributed by atoms with E-state index in [1.54, 1.807) is 0 Å². The van der Waals surface area contributed by atoms with Crippen LogP contribution in [0.2, 0.25) is 0 Å². The molecule has 0 fully saturated rings. The molecular formula is C26H25FN2O5S. The average molecular weight is 497 g/mol. The molecule has 1 atom stereocenters. The molecule has 182 valence electrons. The van der Waals surface area contributed by atoms with E-state index in [1.807, 2.05) is 24.3 Å². The van der Waals surface area contributed by atoms with E-state index in [0.717, 1.165) is 41.3 Å². The Morgan fingerprint density at radius 1 is 1.00 bits per heavy atom. The summed E-state index contributed by atoms with van der Waals surface area (Å²) in [6, 6.07) is 17.1. The number of sulfonamides is 1. The zero-order valence-corrected chi connectivity index (χ0v) is 19.8. The van der Waals surface area contributed by atoms with E-state index in [-0.39, 0.29) is 16.6 Å². The minimum atomic E-state index is -4.18. The van der Waals surface area contributed by atoms with Crippen molar-refractivity contribution in [3.05, 3.63) is 83.7 Å². The Bertz CT molecular complexity index is 1340. The van der Waals surface area contributed by atoms with Gasteiger partial charge in [-0.05, 0) is 66.8 Å². The maximum Gasteiger partial charge on any atom is 0.264 e. The van der Waals surface area contributed by atoms with Gasteiger partial charge in [0.2, 0.25) is 5.91 Å². The van der Waals surface area contributed by atoms with Crippen molar-refractivity contribution in [2.75, 3.05) is 24.1 Å². The zero-order valence-electron chi connectivity index (χ0n) is 18.9. The molecule has 1 unspecified atom stereocenters. The fourth-order valence-electron chi connectivity index (χ4n) is 4.51. The van der Waals surface area contributed by atoms with Crippen molar-refractivity contribution in [1.29, 1.82) is 0 Å². The molecule has 3 aromatic rings. The van der Waals surface area contributed by atoms with Gasteiger partial charge < -0.3 is 14.8 Å². The number of fused-ring (bicyclic) bond motifs is 2. The van der Waals surface area contributed by atoms with Gasteiger partial charge in [-0.3, -0.25) is 9.10 Å². The first-order chi connectivity index (χ1) is 16.9. The number of anilines is 1. The summed E-state index contributed by atoms with van der Waals surface area (Å²) in [4.78, 5) is 13.1. The minimum Gasteiger partial charge on any atom is -0.486 e. The first kappa shape index (κ1) is 23.2. The Morgan fingerprint density at radius 2 is 1.74 bits per heavy atom. The van der Waals surface area contributed by atoms with Crippen LogP contribution in [0.25, 0.3) is 0 Å². The third kappa shape index (κ3) is 4.81. The molecule has 0 bridgehead atoms. The van der Waals surface area contributed by atoms with Gasteiger partial charge in [-0.15, -0.1) is 0 Å². The zero-order chi connectivity index (χ0) is 24.4. The maximum atomic E-state index is 13.7. The summed E-state index contributed by atoms with van der Waals surface area (Å²) in [7, 11) is -4.18. The fourth-order valence-corrected chi connectivity index (χ4v) is 5.94. The standard InChI is InChI=1S/C26H25FN2O5S/c27-19-8-10-20(11-9-19)29(35(31,32)21-12-13-24-25(16-21)34-15-14-33-24)17-26(30)28-23-7-3-5-18-4-1-2-6-22(18)23/h1-2,4,6,8-13,16,23H,3,5,7,14-15,17H2,(H,28,30). The van der Waals surface area contributed by atoms with Crippen molar-refractivity contribution in [3.63, 3.8) is 0 Å². The average Bonchev–Trinajstić information content (AvgIpc) is 2.88. The lowest BCUT2D eigenvalue weighted by molar-refractivity contribution is -0.120. The molecule has 1 aliphatic carbocycles. The Morgan fingerprint density at radius 3 is 2.54 bits per heavy atom. The van der Waals surface area contributed by atoms with Gasteiger partial charge in [0.15, 0.2) is 11.5 Å². The maximum absolute atomic E-state index is 13.7. The van der Waals surface area contributed by atoms with Crippen molar-refractivity contribution in [3.8, 4) is 11.5 Å². The van der Waals surface area contributed by atoms with Crippen LogP contribution in [0.3, 0.4) is 0 Å². The van der Waals surface area contributed by atoms with Crippen LogP contribution in [0.4, 0.5) is 10.1 Å². The van der Waals surface area contributed by atoms with Gasteiger partial charge in [-0.1, -0.05) is 24.3 Å². The summed E-state index contributed by atoms with van der Waals surface area (Å²) in [5.41, 5.74) is 2.42. The lowest BCUT2D eigenvalue weighted by atomic mass is 9.88. The second-order valence-electron chi connectivity index (χ2n) is 8.50. The summed E-state index contributed by atoms with van der Waals surface area (Å²) in [6.45, 7) is 0.232. The third-order valence-corrected chi connectivity index (χ3v) is 7.98. The number of halogens is 1. The van der Waals surface area contributed by atoms with E-state index in [9.17, 15) is 17.6 Å². The largest absolute Gasteiger partial charge is 0.486 e. The molecule has 1 N–H and O–H groups in total. The van der Waals surface area contributed by atoms with E-state index in [2.05, 4.69) is 5.32 Å². The number of hydrogen-bond acceptors (Lipinski definition) is 5. The first-order valence-corrected chi connectivity index (χ1v) is 12.9. The number of carbonyl (C=O) groups is 1. The normalized spacial score (nSPS) is 16.8. The van der Waals surface area contributed by atoms with Gasteiger partial charge in [-0.25, -0.2) is 12.8 Å². The molecule has 1 amide bonds. The molecule has 0 radical (unpaired) electrons. The summed E-state index contributed by atoms with van der Waals surface area (Å²) in [6.07, 6.45) is 2.65. The molecule has 35 heavy (non-hydrogen) atoms. The van der Waals surface area contributed by atoms with Gasteiger partial charge >= 0.3 is 0 Å². The molecule has 0 saturated carbocycles. The Kier molecular flexibility index (Phi) is 6.34. The van der Waals surface area contributed by atoms with E-state index >= 15 is 0 Å². The van der Waals surface area contributed by atoms with Crippen LogP contribution in [0.5, 0.6) is 11.5 Å². The van der Waals surface area contributed by atoms with E-state index in [0.29, 0.717) is 24.7 Å². The SMILES string of the molecule is O=C(CN(c1ccc(F)cc1)S(=O)(=O)c1ccc2c(c1)OCCO2)NC1CCCc2ccccc21. The predicted octanol–water partition coefficient (Wildman–Crippen LogP) is 3.99. The lowest BCUT2D eigenvalue weighted by Gasteiger charge is -2.29. The van der Waals surface area contributed by atoms with Crippen molar-refractivity contribution >= 4 is 21.6 Å². The molecule has 0 saturated heterocycles. The number of aryl methyl sites for hydroxylation is 1. The predicted molar refractivity (Wildman–Crippen MR) is 129 cm³/mol. The van der Waals surface area contributed by atoms with Gasteiger partial charge in [-0.2, -0.15) is 0 Å². The Hall–Kier alpha value is -3.59. The molecule has 2 aliphatic rings. The van der Waals surface area contributed by atoms with Crippen molar-refractivity contribution in [2.24, 2.45) is 0 Å². The monoisotopic (exact) mass is 496 g/mol. The highest BCUT2D eigenvalue weighted by Crippen LogP contribution is 2.34. The molecule has 3 aromatic carbocycles. The highest BCUT2D eigenvalue weighted by atomic mass is 32.2. The quantitative estimate of drug-likeness (QED) is 0.558. The second kappa shape index (κ2) is 9.58. The highest BCUT2D eigenvalue weighted by Gasteiger charge is 2.30. The summed E-state index contributed by atoms with van der Waals surface area (Å²) < 4.78 is 53.0. The Balaban J connectivity index is 1.44. The van der Waals surface area contributed by atoms with Crippen LogP contribution in [0.15, 0.2) is 71.6 Å². The number of nitrogens with one attached hydrogen (secondary N) is 1. The number of ether oxygens (including phenoxy) is 2. The van der Waals surface area contributed by atoms with Crippen LogP contribution in [-0.4, -0.2) is 34.1 Å². The Labute approximate surface area is 203 Å². The van der Waals surface area contributed by atoms with Crippen molar-refractivity contribution in [2.45, 2.75) is 30.2 Å². The number of nitrogens with zero attached hydrogens (tertiary/aromatic N) is 1. The molecule has 7 nitrogen and oxygen atoms in total.